The van der Waals surface area contributed by atoms with Gasteiger partial charge in [0, 0.05) is 5.56 Å². The number of hydrogen-bond acceptors (Lipinski definition) is 2. The fourth-order valence-corrected chi connectivity index (χ4v) is 2.11. The second-order valence-electron chi connectivity index (χ2n) is 4.18. The summed E-state index contributed by atoms with van der Waals surface area (Å²) in [4.78, 5) is 0. The van der Waals surface area contributed by atoms with E-state index in [0.29, 0.717) is 23.2 Å². The van der Waals surface area contributed by atoms with Crippen LogP contribution in [0.1, 0.15) is 11.1 Å². The molecule has 0 unspecified atom stereocenters. The van der Waals surface area contributed by atoms with Crippen molar-refractivity contribution < 1.29 is 4.74 Å². The Morgan fingerprint density at radius 1 is 1.00 bits per heavy atom. The zero-order chi connectivity index (χ0) is 13.7. The maximum atomic E-state index is 6.10. The van der Waals surface area contributed by atoms with Crippen molar-refractivity contribution >= 4 is 23.2 Å². The molecule has 0 heterocycles. The van der Waals surface area contributed by atoms with Crippen molar-refractivity contribution in [1.82, 2.24) is 0 Å². The molecule has 2 rings (SSSR count). The normalized spacial score (nSPS) is 10.5. The van der Waals surface area contributed by atoms with Gasteiger partial charge in [-0.3, -0.25) is 0 Å². The van der Waals surface area contributed by atoms with Crippen LogP contribution in [0.3, 0.4) is 0 Å². The summed E-state index contributed by atoms with van der Waals surface area (Å²) >= 11 is 12.1. The molecule has 0 bridgehead atoms. The van der Waals surface area contributed by atoms with Crippen LogP contribution in [0.4, 0.5) is 0 Å². The molecule has 2 nitrogen and oxygen atoms in total. The van der Waals surface area contributed by atoms with E-state index in [9.17, 15) is 0 Å². The molecule has 0 spiro atoms. The molecule has 0 fully saturated rings. The minimum atomic E-state index is 0.398. The molecule has 0 aromatic heterocycles. The van der Waals surface area contributed by atoms with E-state index in [1.54, 1.807) is 6.07 Å². The predicted molar refractivity (Wildman–Crippen MR) is 80.0 cm³/mol. The Morgan fingerprint density at radius 3 is 2.42 bits per heavy atom. The fourth-order valence-electron chi connectivity index (χ4n) is 1.74. The van der Waals surface area contributed by atoms with Gasteiger partial charge in [0.25, 0.3) is 0 Å². The number of nitrogens with two attached hydrogens (primary N) is 1. The highest BCUT2D eigenvalue weighted by atomic mass is 35.5. The molecule has 0 aliphatic rings. The maximum Gasteiger partial charge on any atom is 0.119 e. The van der Waals surface area contributed by atoms with Crippen LogP contribution in [0, 0.1) is 0 Å². The van der Waals surface area contributed by atoms with E-state index in [0.717, 1.165) is 17.7 Å². The summed E-state index contributed by atoms with van der Waals surface area (Å²) in [5.41, 5.74) is 7.59. The number of benzene rings is 2. The smallest absolute Gasteiger partial charge is 0.119 e. The highest BCUT2D eigenvalue weighted by Gasteiger charge is 2.05. The van der Waals surface area contributed by atoms with E-state index in [-0.39, 0.29) is 0 Å². The lowest BCUT2D eigenvalue weighted by molar-refractivity contribution is 0.306. The Kier molecular flexibility index (Phi) is 5.08. The number of rotatable bonds is 5. The number of halogens is 2. The second kappa shape index (κ2) is 6.80. The van der Waals surface area contributed by atoms with Gasteiger partial charge in [-0.25, -0.2) is 0 Å². The van der Waals surface area contributed by atoms with Gasteiger partial charge in [0.2, 0.25) is 0 Å². The Balaban J connectivity index is 2.00. The van der Waals surface area contributed by atoms with Gasteiger partial charge in [-0.15, -0.1) is 0 Å². The molecule has 4 heteroatoms. The monoisotopic (exact) mass is 295 g/mol. The van der Waals surface area contributed by atoms with E-state index in [2.05, 4.69) is 0 Å². The third-order valence-corrected chi connectivity index (χ3v) is 3.64. The lowest BCUT2D eigenvalue weighted by atomic mass is 10.1. The molecule has 0 saturated heterocycles. The lowest BCUT2D eigenvalue weighted by Crippen LogP contribution is -2.02. The third kappa shape index (κ3) is 3.87. The molecular formula is C15H15Cl2NO. The van der Waals surface area contributed by atoms with Crippen LogP contribution < -0.4 is 10.5 Å². The largest absolute Gasteiger partial charge is 0.489 e. The Labute approximate surface area is 123 Å². The van der Waals surface area contributed by atoms with Crippen molar-refractivity contribution in [1.29, 1.82) is 0 Å². The molecule has 0 atom stereocenters. The molecular weight excluding hydrogens is 281 g/mol. The molecule has 0 radical (unpaired) electrons. The van der Waals surface area contributed by atoms with Crippen LogP contribution in [-0.4, -0.2) is 6.54 Å². The van der Waals surface area contributed by atoms with E-state index >= 15 is 0 Å². The van der Waals surface area contributed by atoms with Gasteiger partial charge in [0.15, 0.2) is 0 Å². The molecule has 2 aromatic rings. The van der Waals surface area contributed by atoms with Gasteiger partial charge in [-0.2, -0.15) is 0 Å². The quantitative estimate of drug-likeness (QED) is 0.902. The van der Waals surface area contributed by atoms with Gasteiger partial charge in [0.05, 0.1) is 10.0 Å². The van der Waals surface area contributed by atoms with Crippen molar-refractivity contribution in [3.8, 4) is 5.75 Å². The van der Waals surface area contributed by atoms with E-state index in [1.807, 2.05) is 36.4 Å². The number of ether oxygens (including phenoxy) is 1. The van der Waals surface area contributed by atoms with Crippen molar-refractivity contribution in [3.05, 3.63) is 63.6 Å². The van der Waals surface area contributed by atoms with Crippen LogP contribution in [-0.2, 0) is 13.0 Å². The highest BCUT2D eigenvalue weighted by molar-refractivity contribution is 6.42. The van der Waals surface area contributed by atoms with Crippen LogP contribution >= 0.6 is 23.2 Å². The maximum absolute atomic E-state index is 6.10. The van der Waals surface area contributed by atoms with Gasteiger partial charge in [0.1, 0.15) is 12.4 Å². The SMILES string of the molecule is NCCc1ccc(OCc2cccc(Cl)c2Cl)cc1. The predicted octanol–water partition coefficient (Wildman–Crippen LogP) is 4.07. The first-order valence-corrected chi connectivity index (χ1v) is 6.81. The number of hydrogen-bond donors (Lipinski definition) is 1. The summed E-state index contributed by atoms with van der Waals surface area (Å²) in [6, 6.07) is 13.4. The Morgan fingerprint density at radius 2 is 1.74 bits per heavy atom. The second-order valence-corrected chi connectivity index (χ2v) is 4.97. The van der Waals surface area contributed by atoms with Crippen molar-refractivity contribution in [2.75, 3.05) is 6.54 Å². The molecule has 100 valence electrons. The molecule has 0 aliphatic heterocycles. The van der Waals surface area contributed by atoms with Crippen molar-refractivity contribution in [2.24, 2.45) is 5.73 Å². The van der Waals surface area contributed by atoms with Crippen LogP contribution in [0.5, 0.6) is 5.75 Å². The zero-order valence-electron chi connectivity index (χ0n) is 10.4. The van der Waals surface area contributed by atoms with Crippen molar-refractivity contribution in [3.63, 3.8) is 0 Å². The summed E-state index contributed by atoms with van der Waals surface area (Å²) in [6.07, 6.45) is 0.875. The summed E-state index contributed by atoms with van der Waals surface area (Å²) in [6.45, 7) is 1.05. The first kappa shape index (κ1) is 14.2. The molecule has 0 aliphatic carbocycles. The Hall–Kier alpha value is -1.22. The Bertz CT molecular complexity index is 540. The van der Waals surface area contributed by atoms with E-state index < -0.39 is 0 Å². The highest BCUT2D eigenvalue weighted by Crippen LogP contribution is 2.26. The van der Waals surface area contributed by atoms with Gasteiger partial charge < -0.3 is 10.5 Å². The molecule has 2 N–H and O–H groups in total. The average Bonchev–Trinajstić information content (AvgIpc) is 2.42. The fraction of sp³-hybridized carbons (Fsp3) is 0.200. The first-order valence-electron chi connectivity index (χ1n) is 6.05. The summed E-state index contributed by atoms with van der Waals surface area (Å²) in [5, 5.41) is 1.09. The lowest BCUT2D eigenvalue weighted by Gasteiger charge is -2.09. The van der Waals surface area contributed by atoms with E-state index in [1.165, 1.54) is 5.56 Å². The summed E-state index contributed by atoms with van der Waals surface area (Å²) in [7, 11) is 0. The summed E-state index contributed by atoms with van der Waals surface area (Å²) < 4.78 is 5.69. The zero-order valence-corrected chi connectivity index (χ0v) is 11.9. The molecule has 2 aromatic carbocycles. The van der Waals surface area contributed by atoms with Crippen LogP contribution in [0.2, 0.25) is 10.0 Å². The molecule has 0 amide bonds. The van der Waals surface area contributed by atoms with E-state index in [4.69, 9.17) is 33.7 Å². The van der Waals surface area contributed by atoms with Gasteiger partial charge in [-0.1, -0.05) is 47.5 Å². The molecule has 0 saturated carbocycles. The van der Waals surface area contributed by atoms with Crippen molar-refractivity contribution in [2.45, 2.75) is 13.0 Å². The van der Waals surface area contributed by atoms with Crippen LogP contribution in [0.15, 0.2) is 42.5 Å². The van der Waals surface area contributed by atoms with Crippen LogP contribution in [0.25, 0.3) is 0 Å². The van der Waals surface area contributed by atoms with Gasteiger partial charge in [-0.05, 0) is 36.7 Å². The summed E-state index contributed by atoms with van der Waals surface area (Å²) in [5.74, 6) is 0.803. The standard InChI is InChI=1S/C15H15Cl2NO/c16-14-3-1-2-12(15(14)17)10-19-13-6-4-11(5-7-13)8-9-18/h1-7H,8-10,18H2. The first-order chi connectivity index (χ1) is 9.20. The van der Waals surface area contributed by atoms with Gasteiger partial charge >= 0.3 is 0 Å². The third-order valence-electron chi connectivity index (χ3n) is 2.78. The average molecular weight is 296 g/mol. The molecule has 19 heavy (non-hydrogen) atoms. The minimum Gasteiger partial charge on any atom is -0.489 e. The topological polar surface area (TPSA) is 35.2 Å². The minimum absolute atomic E-state index is 0.398.